The highest BCUT2D eigenvalue weighted by Crippen LogP contribution is 2.44. The molecule has 104 valence electrons. The number of nitrogens with zero attached hydrogens (tertiary/aromatic N) is 1. The highest BCUT2D eigenvalue weighted by molar-refractivity contribution is 5.96. The second-order valence-corrected chi connectivity index (χ2v) is 5.22. The van der Waals surface area contributed by atoms with Gasteiger partial charge in [0.15, 0.2) is 0 Å². The second-order valence-electron chi connectivity index (χ2n) is 5.22. The molecule has 1 fully saturated rings. The predicted molar refractivity (Wildman–Crippen MR) is 73.3 cm³/mol. The standard InChI is InChI=1S/C16H16FNO2/c1-2-5-13-14(18-20-15(13)10-8-9-10)11-6-3-4-7-12(11)16(17)19/h3-4,6-7,10H,2,5,8-9H2,1H3. The maximum absolute atomic E-state index is 13.2. The third kappa shape index (κ3) is 2.26. The summed E-state index contributed by atoms with van der Waals surface area (Å²) in [6.07, 6.45) is 4.03. The lowest BCUT2D eigenvalue weighted by Crippen LogP contribution is -1.97. The highest BCUT2D eigenvalue weighted by atomic mass is 19.1. The molecule has 2 aromatic rings. The number of hydrogen-bond acceptors (Lipinski definition) is 3. The lowest BCUT2D eigenvalue weighted by molar-refractivity contribution is 0.0836. The highest BCUT2D eigenvalue weighted by Gasteiger charge is 2.32. The molecule has 0 N–H and O–H groups in total. The molecule has 3 nitrogen and oxygen atoms in total. The van der Waals surface area contributed by atoms with Crippen molar-refractivity contribution in [2.24, 2.45) is 0 Å². The van der Waals surface area contributed by atoms with Gasteiger partial charge in [-0.1, -0.05) is 36.7 Å². The fourth-order valence-corrected chi connectivity index (χ4v) is 2.55. The van der Waals surface area contributed by atoms with Gasteiger partial charge in [-0.3, -0.25) is 4.79 Å². The first-order valence-electron chi connectivity index (χ1n) is 7.00. The van der Waals surface area contributed by atoms with E-state index in [1.165, 1.54) is 6.07 Å². The van der Waals surface area contributed by atoms with E-state index in [1.807, 2.05) is 0 Å². The van der Waals surface area contributed by atoms with Crippen molar-refractivity contribution < 1.29 is 13.7 Å². The van der Waals surface area contributed by atoms with Gasteiger partial charge >= 0.3 is 6.04 Å². The Balaban J connectivity index is 2.12. The quantitative estimate of drug-likeness (QED) is 0.763. The molecule has 1 saturated carbocycles. The largest absolute Gasteiger partial charge is 0.360 e. The third-order valence-electron chi connectivity index (χ3n) is 3.66. The SMILES string of the molecule is CCCc1c(-c2ccccc2C(=O)F)noc1C1CC1. The zero-order chi connectivity index (χ0) is 14.1. The van der Waals surface area contributed by atoms with Crippen LogP contribution in [-0.2, 0) is 6.42 Å². The average molecular weight is 273 g/mol. The summed E-state index contributed by atoms with van der Waals surface area (Å²) in [6.45, 7) is 2.08. The summed E-state index contributed by atoms with van der Waals surface area (Å²) in [5.74, 6) is 1.37. The molecule has 0 atom stereocenters. The Morgan fingerprint density at radius 3 is 2.80 bits per heavy atom. The Morgan fingerprint density at radius 2 is 2.15 bits per heavy atom. The topological polar surface area (TPSA) is 43.1 Å². The predicted octanol–water partition coefficient (Wildman–Crippen LogP) is 4.28. The Labute approximate surface area is 116 Å². The van der Waals surface area contributed by atoms with Gasteiger partial charge in [0.1, 0.15) is 11.5 Å². The minimum Gasteiger partial charge on any atom is -0.360 e. The maximum atomic E-state index is 13.2. The van der Waals surface area contributed by atoms with E-state index in [1.54, 1.807) is 18.2 Å². The van der Waals surface area contributed by atoms with Crippen molar-refractivity contribution in [1.29, 1.82) is 0 Å². The Hall–Kier alpha value is -1.97. The fourth-order valence-electron chi connectivity index (χ4n) is 2.55. The van der Waals surface area contributed by atoms with E-state index in [0.717, 1.165) is 37.0 Å². The first-order chi connectivity index (χ1) is 9.72. The molecule has 0 unspecified atom stereocenters. The lowest BCUT2D eigenvalue weighted by atomic mass is 9.97. The number of aromatic nitrogens is 1. The van der Waals surface area contributed by atoms with Gasteiger partial charge in [-0.25, -0.2) is 0 Å². The Bertz CT molecular complexity index is 644. The van der Waals surface area contributed by atoms with Gasteiger partial charge in [0.2, 0.25) is 0 Å². The van der Waals surface area contributed by atoms with Crippen LogP contribution in [0.15, 0.2) is 28.8 Å². The van der Waals surface area contributed by atoms with Crippen molar-refractivity contribution in [3.05, 3.63) is 41.2 Å². The van der Waals surface area contributed by atoms with Crippen LogP contribution in [0.4, 0.5) is 4.39 Å². The summed E-state index contributed by atoms with van der Waals surface area (Å²) in [6, 6.07) is 5.21. The zero-order valence-electron chi connectivity index (χ0n) is 11.4. The molecule has 3 rings (SSSR count). The summed E-state index contributed by atoms with van der Waals surface area (Å²) in [5.41, 5.74) is 2.23. The van der Waals surface area contributed by atoms with Gasteiger partial charge in [-0.05, 0) is 25.3 Å². The van der Waals surface area contributed by atoms with Gasteiger partial charge in [-0.15, -0.1) is 0 Å². The smallest absolute Gasteiger partial charge is 0.332 e. The lowest BCUT2D eigenvalue weighted by Gasteiger charge is -2.05. The van der Waals surface area contributed by atoms with E-state index in [9.17, 15) is 9.18 Å². The van der Waals surface area contributed by atoms with E-state index in [0.29, 0.717) is 17.2 Å². The van der Waals surface area contributed by atoms with Crippen LogP contribution < -0.4 is 0 Å². The minimum absolute atomic E-state index is 0.0560. The van der Waals surface area contributed by atoms with Crippen molar-refractivity contribution in [2.75, 3.05) is 0 Å². The summed E-state index contributed by atoms with van der Waals surface area (Å²) in [5, 5.41) is 4.12. The summed E-state index contributed by atoms with van der Waals surface area (Å²) < 4.78 is 18.7. The van der Waals surface area contributed by atoms with Crippen LogP contribution in [0.5, 0.6) is 0 Å². The van der Waals surface area contributed by atoms with Crippen LogP contribution >= 0.6 is 0 Å². The molecule has 0 aliphatic heterocycles. The van der Waals surface area contributed by atoms with Crippen LogP contribution in [0.25, 0.3) is 11.3 Å². The van der Waals surface area contributed by atoms with Gasteiger partial charge < -0.3 is 4.52 Å². The monoisotopic (exact) mass is 273 g/mol. The van der Waals surface area contributed by atoms with Crippen molar-refractivity contribution in [2.45, 2.75) is 38.5 Å². The average Bonchev–Trinajstić information content (AvgIpc) is 3.21. The molecule has 0 radical (unpaired) electrons. The molecule has 0 amide bonds. The molecule has 0 bridgehead atoms. The van der Waals surface area contributed by atoms with Crippen molar-refractivity contribution in [1.82, 2.24) is 5.16 Å². The minimum atomic E-state index is -1.43. The number of hydrogen-bond donors (Lipinski definition) is 0. The molecule has 4 heteroatoms. The second kappa shape index (κ2) is 5.19. The molecular formula is C16H16FNO2. The van der Waals surface area contributed by atoms with Crippen molar-refractivity contribution in [3.8, 4) is 11.3 Å². The first-order valence-corrected chi connectivity index (χ1v) is 7.00. The fraction of sp³-hybridized carbons (Fsp3) is 0.375. The summed E-state index contributed by atoms with van der Waals surface area (Å²) in [4.78, 5) is 11.1. The first kappa shape index (κ1) is 13.0. The molecule has 20 heavy (non-hydrogen) atoms. The van der Waals surface area contributed by atoms with E-state index in [4.69, 9.17) is 4.52 Å². The molecule has 1 heterocycles. The van der Waals surface area contributed by atoms with Crippen molar-refractivity contribution in [3.63, 3.8) is 0 Å². The number of halogens is 1. The molecular weight excluding hydrogens is 257 g/mol. The van der Waals surface area contributed by atoms with Crippen LogP contribution in [-0.4, -0.2) is 11.2 Å². The van der Waals surface area contributed by atoms with Gasteiger partial charge in [0.05, 0.1) is 5.56 Å². The molecule has 1 aliphatic carbocycles. The normalized spacial score (nSPS) is 14.5. The molecule has 1 aromatic heterocycles. The molecule has 1 aromatic carbocycles. The van der Waals surface area contributed by atoms with E-state index in [-0.39, 0.29) is 5.56 Å². The van der Waals surface area contributed by atoms with Gasteiger partial charge in [-0.2, -0.15) is 4.39 Å². The number of carbonyl (C=O) groups excluding carboxylic acids is 1. The number of benzene rings is 1. The third-order valence-corrected chi connectivity index (χ3v) is 3.66. The molecule has 1 aliphatic rings. The van der Waals surface area contributed by atoms with Crippen LogP contribution in [0, 0.1) is 0 Å². The Morgan fingerprint density at radius 1 is 1.40 bits per heavy atom. The van der Waals surface area contributed by atoms with E-state index < -0.39 is 6.04 Å². The maximum Gasteiger partial charge on any atom is 0.332 e. The van der Waals surface area contributed by atoms with Crippen molar-refractivity contribution >= 4 is 6.04 Å². The number of rotatable bonds is 5. The Kier molecular flexibility index (Phi) is 3.38. The van der Waals surface area contributed by atoms with E-state index in [2.05, 4.69) is 12.1 Å². The van der Waals surface area contributed by atoms with E-state index >= 15 is 0 Å². The molecule has 0 spiro atoms. The van der Waals surface area contributed by atoms with Gasteiger partial charge in [0, 0.05) is 17.0 Å². The van der Waals surface area contributed by atoms with Crippen LogP contribution in [0.1, 0.15) is 53.8 Å². The molecule has 0 saturated heterocycles. The zero-order valence-corrected chi connectivity index (χ0v) is 11.4. The summed E-state index contributed by atoms with van der Waals surface area (Å²) >= 11 is 0. The summed E-state index contributed by atoms with van der Waals surface area (Å²) in [7, 11) is 0. The van der Waals surface area contributed by atoms with Crippen LogP contribution in [0.2, 0.25) is 0 Å². The number of carbonyl (C=O) groups is 1. The van der Waals surface area contributed by atoms with Crippen LogP contribution in [0.3, 0.4) is 0 Å². The van der Waals surface area contributed by atoms with Gasteiger partial charge in [0.25, 0.3) is 0 Å².